The molecular weight excluding hydrogens is 216 g/mol. The van der Waals surface area contributed by atoms with Crippen molar-refractivity contribution < 1.29 is 14.9 Å². The second-order valence-corrected chi connectivity index (χ2v) is 4.66. The minimum atomic E-state index is 0.192. The van der Waals surface area contributed by atoms with E-state index in [0.717, 1.165) is 38.0 Å². The van der Waals surface area contributed by atoms with Crippen molar-refractivity contribution in [3.8, 4) is 5.75 Å². The van der Waals surface area contributed by atoms with Gasteiger partial charge in [-0.15, -0.1) is 0 Å². The van der Waals surface area contributed by atoms with Crippen LogP contribution in [0.3, 0.4) is 0 Å². The van der Waals surface area contributed by atoms with E-state index in [-0.39, 0.29) is 6.61 Å². The third kappa shape index (κ3) is 3.20. The van der Waals surface area contributed by atoms with Crippen LogP contribution in [0.5, 0.6) is 5.75 Å². The van der Waals surface area contributed by atoms with E-state index in [1.54, 1.807) is 6.07 Å². The molecule has 1 aromatic carbocycles. The molecule has 3 heteroatoms. The summed E-state index contributed by atoms with van der Waals surface area (Å²) in [5.41, 5.74) is 1.13. The minimum absolute atomic E-state index is 0.192. The van der Waals surface area contributed by atoms with Crippen molar-refractivity contribution in [2.45, 2.75) is 25.2 Å². The molecule has 0 radical (unpaired) electrons. The van der Waals surface area contributed by atoms with E-state index in [2.05, 4.69) is 0 Å². The van der Waals surface area contributed by atoms with Crippen molar-refractivity contribution >= 4 is 0 Å². The summed E-state index contributed by atoms with van der Waals surface area (Å²) in [5, 5.41) is 18.7. The molecule has 1 aromatic rings. The maximum absolute atomic E-state index is 9.54. The second-order valence-electron chi connectivity index (χ2n) is 4.66. The van der Waals surface area contributed by atoms with Crippen molar-refractivity contribution in [3.05, 3.63) is 29.8 Å². The standard InChI is InChI=1S/C14H20O3/c15-7-4-14(11-5-8-17-9-6-11)12-2-1-3-13(16)10-12/h1-3,10-11,14-16H,4-9H2. The molecule has 1 unspecified atom stereocenters. The Labute approximate surface area is 102 Å². The summed E-state index contributed by atoms with van der Waals surface area (Å²) in [4.78, 5) is 0. The molecule has 0 saturated carbocycles. The number of aromatic hydroxyl groups is 1. The van der Waals surface area contributed by atoms with Gasteiger partial charge in [0.15, 0.2) is 0 Å². The molecule has 1 aliphatic heterocycles. The smallest absolute Gasteiger partial charge is 0.115 e. The Hall–Kier alpha value is -1.06. The molecule has 1 fully saturated rings. The molecule has 0 amide bonds. The summed E-state index contributed by atoms with van der Waals surface area (Å²) in [5.74, 6) is 1.19. The second kappa shape index (κ2) is 6.03. The fraction of sp³-hybridized carbons (Fsp3) is 0.571. The van der Waals surface area contributed by atoms with Gasteiger partial charge in [-0.2, -0.15) is 0 Å². The Bertz CT molecular complexity index is 345. The Balaban J connectivity index is 2.15. The number of phenolic OH excluding ortho intramolecular Hbond substituents is 1. The van der Waals surface area contributed by atoms with Crippen molar-refractivity contribution in [3.63, 3.8) is 0 Å². The van der Waals surface area contributed by atoms with Gasteiger partial charge in [-0.3, -0.25) is 0 Å². The molecule has 3 nitrogen and oxygen atoms in total. The Morgan fingerprint density at radius 2 is 2.06 bits per heavy atom. The summed E-state index contributed by atoms with van der Waals surface area (Å²) in [7, 11) is 0. The van der Waals surface area contributed by atoms with Crippen molar-refractivity contribution in [1.82, 2.24) is 0 Å². The number of ether oxygens (including phenoxy) is 1. The third-order valence-corrected chi connectivity index (χ3v) is 3.57. The van der Waals surface area contributed by atoms with Crippen LogP contribution in [0.25, 0.3) is 0 Å². The predicted molar refractivity (Wildman–Crippen MR) is 66.1 cm³/mol. The highest BCUT2D eigenvalue weighted by atomic mass is 16.5. The zero-order valence-corrected chi connectivity index (χ0v) is 10.0. The topological polar surface area (TPSA) is 49.7 Å². The first-order chi connectivity index (χ1) is 8.31. The maximum Gasteiger partial charge on any atom is 0.115 e. The average molecular weight is 236 g/mol. The van der Waals surface area contributed by atoms with Gasteiger partial charge in [0.2, 0.25) is 0 Å². The molecule has 1 atom stereocenters. The van der Waals surface area contributed by atoms with Gasteiger partial charge in [0.1, 0.15) is 5.75 Å². The normalized spacial score (nSPS) is 19.1. The number of aliphatic hydroxyl groups is 1. The van der Waals surface area contributed by atoms with Gasteiger partial charge in [-0.25, -0.2) is 0 Å². The molecule has 17 heavy (non-hydrogen) atoms. The zero-order valence-electron chi connectivity index (χ0n) is 10.0. The van der Waals surface area contributed by atoms with E-state index in [1.807, 2.05) is 18.2 Å². The molecule has 0 aromatic heterocycles. The van der Waals surface area contributed by atoms with Crippen LogP contribution < -0.4 is 0 Å². The van der Waals surface area contributed by atoms with E-state index >= 15 is 0 Å². The van der Waals surface area contributed by atoms with Crippen LogP contribution in [0.15, 0.2) is 24.3 Å². The molecule has 1 aliphatic rings. The first kappa shape index (κ1) is 12.4. The van der Waals surface area contributed by atoms with Gasteiger partial charge >= 0.3 is 0 Å². The summed E-state index contributed by atoms with van der Waals surface area (Å²) in [6, 6.07) is 7.41. The lowest BCUT2D eigenvalue weighted by Crippen LogP contribution is -2.22. The highest BCUT2D eigenvalue weighted by molar-refractivity contribution is 5.30. The van der Waals surface area contributed by atoms with Gasteiger partial charge in [0.05, 0.1) is 0 Å². The van der Waals surface area contributed by atoms with Gasteiger partial charge in [0.25, 0.3) is 0 Å². The van der Waals surface area contributed by atoms with E-state index in [0.29, 0.717) is 17.6 Å². The highest BCUT2D eigenvalue weighted by Gasteiger charge is 2.25. The van der Waals surface area contributed by atoms with E-state index in [1.165, 1.54) is 0 Å². The van der Waals surface area contributed by atoms with Crippen LogP contribution in [-0.2, 0) is 4.74 Å². The lowest BCUT2D eigenvalue weighted by molar-refractivity contribution is 0.0544. The van der Waals surface area contributed by atoms with Crippen LogP contribution >= 0.6 is 0 Å². The number of hydrogen-bond acceptors (Lipinski definition) is 3. The fourth-order valence-electron chi connectivity index (χ4n) is 2.69. The lowest BCUT2D eigenvalue weighted by atomic mass is 9.79. The summed E-state index contributed by atoms with van der Waals surface area (Å²) in [6.07, 6.45) is 2.84. The predicted octanol–water partition coefficient (Wildman–Crippen LogP) is 2.28. The lowest BCUT2D eigenvalue weighted by Gasteiger charge is -2.30. The molecule has 1 saturated heterocycles. The molecule has 94 valence electrons. The fourth-order valence-corrected chi connectivity index (χ4v) is 2.69. The van der Waals surface area contributed by atoms with Crippen molar-refractivity contribution in [2.24, 2.45) is 5.92 Å². The Morgan fingerprint density at radius 3 is 2.71 bits per heavy atom. The Morgan fingerprint density at radius 1 is 1.29 bits per heavy atom. The molecule has 2 N–H and O–H groups in total. The van der Waals surface area contributed by atoms with Gasteiger partial charge < -0.3 is 14.9 Å². The first-order valence-corrected chi connectivity index (χ1v) is 6.29. The van der Waals surface area contributed by atoms with E-state index in [4.69, 9.17) is 4.74 Å². The molecule has 1 heterocycles. The molecule has 0 bridgehead atoms. The Kier molecular flexibility index (Phi) is 4.40. The van der Waals surface area contributed by atoms with Crippen LogP contribution in [0.4, 0.5) is 0 Å². The molecule has 2 rings (SSSR count). The third-order valence-electron chi connectivity index (χ3n) is 3.57. The number of benzene rings is 1. The largest absolute Gasteiger partial charge is 0.508 e. The first-order valence-electron chi connectivity index (χ1n) is 6.29. The number of hydrogen-bond donors (Lipinski definition) is 2. The van der Waals surface area contributed by atoms with Crippen molar-refractivity contribution in [1.29, 1.82) is 0 Å². The molecule has 0 aliphatic carbocycles. The number of phenols is 1. The maximum atomic E-state index is 9.54. The van der Waals surface area contributed by atoms with Crippen LogP contribution in [0, 0.1) is 5.92 Å². The number of rotatable bonds is 4. The average Bonchev–Trinajstić information content (AvgIpc) is 2.37. The van der Waals surface area contributed by atoms with E-state index < -0.39 is 0 Å². The quantitative estimate of drug-likeness (QED) is 0.843. The van der Waals surface area contributed by atoms with Crippen LogP contribution in [0.2, 0.25) is 0 Å². The summed E-state index contributed by atoms with van der Waals surface area (Å²) >= 11 is 0. The summed E-state index contributed by atoms with van der Waals surface area (Å²) < 4.78 is 5.38. The summed E-state index contributed by atoms with van der Waals surface area (Å²) in [6.45, 7) is 1.81. The molecular formula is C14H20O3. The monoisotopic (exact) mass is 236 g/mol. The van der Waals surface area contributed by atoms with Crippen LogP contribution in [0.1, 0.15) is 30.7 Å². The molecule has 0 spiro atoms. The SMILES string of the molecule is OCCC(c1cccc(O)c1)C1CCOCC1. The highest BCUT2D eigenvalue weighted by Crippen LogP contribution is 2.35. The zero-order chi connectivity index (χ0) is 12.1. The van der Waals surface area contributed by atoms with Gasteiger partial charge in [-0.1, -0.05) is 12.1 Å². The van der Waals surface area contributed by atoms with Crippen LogP contribution in [-0.4, -0.2) is 30.0 Å². The number of aliphatic hydroxyl groups excluding tert-OH is 1. The van der Waals surface area contributed by atoms with E-state index in [9.17, 15) is 10.2 Å². The van der Waals surface area contributed by atoms with Gasteiger partial charge in [0, 0.05) is 19.8 Å². The van der Waals surface area contributed by atoms with Crippen molar-refractivity contribution in [2.75, 3.05) is 19.8 Å². The van der Waals surface area contributed by atoms with Gasteiger partial charge in [-0.05, 0) is 48.8 Å². The minimum Gasteiger partial charge on any atom is -0.508 e.